The fourth-order valence-corrected chi connectivity index (χ4v) is 4.45. The Morgan fingerprint density at radius 1 is 0.914 bits per heavy atom. The topological polar surface area (TPSA) is 61.9 Å². The van der Waals surface area contributed by atoms with Gasteiger partial charge in [0.1, 0.15) is 5.75 Å². The highest BCUT2D eigenvalue weighted by molar-refractivity contribution is 6.34. The molecule has 1 heterocycles. The SMILES string of the molecule is Cc1ccc(C(=O)N2CCN(c3c(Cl)cccc3NC(=O)COc3cccc(C)c3C)CC2)cc1. The molecule has 3 aromatic rings. The molecule has 0 saturated carbocycles. The maximum absolute atomic E-state index is 12.9. The van der Waals surface area contributed by atoms with Crippen LogP contribution in [0.1, 0.15) is 27.0 Å². The molecule has 0 bridgehead atoms. The number of hydrogen-bond acceptors (Lipinski definition) is 4. The van der Waals surface area contributed by atoms with Gasteiger partial charge in [-0.15, -0.1) is 0 Å². The van der Waals surface area contributed by atoms with E-state index in [-0.39, 0.29) is 18.4 Å². The van der Waals surface area contributed by atoms with E-state index in [1.165, 1.54) is 0 Å². The van der Waals surface area contributed by atoms with Crippen molar-refractivity contribution in [3.05, 3.63) is 87.9 Å². The van der Waals surface area contributed by atoms with E-state index in [4.69, 9.17) is 16.3 Å². The Morgan fingerprint density at radius 3 is 2.31 bits per heavy atom. The minimum atomic E-state index is -0.261. The average Bonchev–Trinajstić information content (AvgIpc) is 2.85. The zero-order valence-corrected chi connectivity index (χ0v) is 21.1. The summed E-state index contributed by atoms with van der Waals surface area (Å²) in [5, 5.41) is 3.50. The predicted molar refractivity (Wildman–Crippen MR) is 141 cm³/mol. The summed E-state index contributed by atoms with van der Waals surface area (Å²) in [5.74, 6) is 0.462. The van der Waals surface area contributed by atoms with Crippen LogP contribution in [0.3, 0.4) is 0 Å². The molecular weight excluding hydrogens is 462 g/mol. The minimum absolute atomic E-state index is 0.0286. The Balaban J connectivity index is 1.40. The van der Waals surface area contributed by atoms with Crippen molar-refractivity contribution >= 4 is 34.8 Å². The van der Waals surface area contributed by atoms with E-state index in [2.05, 4.69) is 10.2 Å². The Morgan fingerprint density at radius 2 is 1.60 bits per heavy atom. The lowest BCUT2D eigenvalue weighted by molar-refractivity contribution is -0.118. The molecule has 1 N–H and O–H groups in total. The number of anilines is 2. The number of rotatable bonds is 6. The van der Waals surface area contributed by atoms with Crippen LogP contribution in [0.15, 0.2) is 60.7 Å². The van der Waals surface area contributed by atoms with Crippen molar-refractivity contribution < 1.29 is 14.3 Å². The number of carbonyl (C=O) groups excluding carboxylic acids is 2. The van der Waals surface area contributed by atoms with Gasteiger partial charge in [0.05, 0.1) is 16.4 Å². The van der Waals surface area contributed by atoms with Crippen LogP contribution >= 0.6 is 11.6 Å². The number of piperazine rings is 1. The first-order chi connectivity index (χ1) is 16.8. The molecule has 1 saturated heterocycles. The zero-order valence-electron chi connectivity index (χ0n) is 20.3. The van der Waals surface area contributed by atoms with Crippen LogP contribution in [0.5, 0.6) is 5.75 Å². The number of ether oxygens (including phenoxy) is 1. The van der Waals surface area contributed by atoms with Gasteiger partial charge >= 0.3 is 0 Å². The van der Waals surface area contributed by atoms with Gasteiger partial charge in [-0.2, -0.15) is 0 Å². The number of nitrogens with zero attached hydrogens (tertiary/aromatic N) is 2. The number of amides is 2. The van der Waals surface area contributed by atoms with E-state index in [0.717, 1.165) is 22.4 Å². The van der Waals surface area contributed by atoms with Crippen LogP contribution in [0.25, 0.3) is 0 Å². The Bertz CT molecular complexity index is 1220. The Labute approximate surface area is 211 Å². The van der Waals surface area contributed by atoms with E-state index in [9.17, 15) is 9.59 Å². The summed E-state index contributed by atoms with van der Waals surface area (Å²) in [6.07, 6.45) is 0. The van der Waals surface area contributed by atoms with Crippen LogP contribution in [-0.2, 0) is 4.79 Å². The van der Waals surface area contributed by atoms with E-state index < -0.39 is 0 Å². The highest BCUT2D eigenvalue weighted by Crippen LogP contribution is 2.35. The molecule has 0 spiro atoms. The number of para-hydroxylation sites is 1. The van der Waals surface area contributed by atoms with Gasteiger partial charge in [0.2, 0.25) is 0 Å². The second-order valence-electron chi connectivity index (χ2n) is 8.82. The summed E-state index contributed by atoms with van der Waals surface area (Å²) in [6.45, 7) is 8.25. The van der Waals surface area contributed by atoms with Gasteiger partial charge in [-0.1, -0.05) is 47.5 Å². The lowest BCUT2D eigenvalue weighted by Crippen LogP contribution is -2.49. The highest BCUT2D eigenvalue weighted by Gasteiger charge is 2.25. The lowest BCUT2D eigenvalue weighted by Gasteiger charge is -2.37. The van der Waals surface area contributed by atoms with Crippen LogP contribution in [0.2, 0.25) is 5.02 Å². The van der Waals surface area contributed by atoms with Crippen molar-refractivity contribution in [3.8, 4) is 5.75 Å². The molecule has 0 unspecified atom stereocenters. The first-order valence-electron chi connectivity index (χ1n) is 11.7. The number of carbonyl (C=O) groups is 2. The molecule has 0 atom stereocenters. The van der Waals surface area contributed by atoms with E-state index in [1.807, 2.05) is 86.3 Å². The number of hydrogen-bond donors (Lipinski definition) is 1. The molecule has 35 heavy (non-hydrogen) atoms. The lowest BCUT2D eigenvalue weighted by atomic mass is 10.1. The van der Waals surface area contributed by atoms with Gasteiger partial charge in [-0.25, -0.2) is 0 Å². The number of halogens is 1. The van der Waals surface area contributed by atoms with Crippen LogP contribution in [0.4, 0.5) is 11.4 Å². The quantitative estimate of drug-likeness (QED) is 0.512. The van der Waals surface area contributed by atoms with Gasteiger partial charge in [0, 0.05) is 31.7 Å². The Hall–Kier alpha value is -3.51. The molecule has 1 fully saturated rings. The van der Waals surface area contributed by atoms with E-state index in [0.29, 0.717) is 48.2 Å². The predicted octanol–water partition coefficient (Wildman–Crippen LogP) is 5.25. The summed E-state index contributed by atoms with van der Waals surface area (Å²) in [6, 6.07) is 18.9. The van der Waals surface area contributed by atoms with Crippen molar-refractivity contribution in [1.29, 1.82) is 0 Å². The van der Waals surface area contributed by atoms with Crippen LogP contribution < -0.4 is 15.0 Å². The maximum atomic E-state index is 12.9. The van der Waals surface area contributed by atoms with Gasteiger partial charge in [-0.3, -0.25) is 9.59 Å². The molecule has 0 radical (unpaired) electrons. The second-order valence-corrected chi connectivity index (χ2v) is 9.22. The van der Waals surface area contributed by atoms with Crippen LogP contribution in [0, 0.1) is 20.8 Å². The molecule has 6 nitrogen and oxygen atoms in total. The molecular formula is C28H30ClN3O3. The van der Waals surface area contributed by atoms with Gasteiger partial charge in [0.15, 0.2) is 6.61 Å². The summed E-state index contributed by atoms with van der Waals surface area (Å²) in [7, 11) is 0. The Kier molecular flexibility index (Phi) is 7.61. The largest absolute Gasteiger partial charge is 0.483 e. The van der Waals surface area contributed by atoms with Gasteiger partial charge in [0.25, 0.3) is 11.8 Å². The third-order valence-electron chi connectivity index (χ3n) is 6.36. The molecule has 1 aliphatic heterocycles. The van der Waals surface area contributed by atoms with Crippen LogP contribution in [-0.4, -0.2) is 49.5 Å². The zero-order chi connectivity index (χ0) is 24.9. The summed E-state index contributed by atoms with van der Waals surface area (Å²) >= 11 is 6.56. The summed E-state index contributed by atoms with van der Waals surface area (Å²) in [4.78, 5) is 29.5. The fourth-order valence-electron chi connectivity index (χ4n) is 4.16. The van der Waals surface area contributed by atoms with E-state index >= 15 is 0 Å². The third-order valence-corrected chi connectivity index (χ3v) is 6.66. The van der Waals surface area contributed by atoms with Crippen molar-refractivity contribution in [2.24, 2.45) is 0 Å². The second kappa shape index (κ2) is 10.8. The molecule has 4 rings (SSSR count). The molecule has 3 aromatic carbocycles. The molecule has 1 aliphatic rings. The molecule has 0 aromatic heterocycles. The smallest absolute Gasteiger partial charge is 0.262 e. The number of nitrogens with one attached hydrogen (secondary N) is 1. The first-order valence-corrected chi connectivity index (χ1v) is 12.1. The van der Waals surface area contributed by atoms with Gasteiger partial charge < -0.3 is 19.9 Å². The molecule has 0 aliphatic carbocycles. The maximum Gasteiger partial charge on any atom is 0.262 e. The van der Waals surface area contributed by atoms with Crippen molar-refractivity contribution in [1.82, 2.24) is 4.90 Å². The average molecular weight is 492 g/mol. The summed E-state index contributed by atoms with van der Waals surface area (Å²) in [5.41, 5.74) is 5.33. The fraction of sp³-hybridized carbons (Fsp3) is 0.286. The monoisotopic (exact) mass is 491 g/mol. The third kappa shape index (κ3) is 5.77. The van der Waals surface area contributed by atoms with Crippen molar-refractivity contribution in [2.45, 2.75) is 20.8 Å². The van der Waals surface area contributed by atoms with Crippen molar-refractivity contribution in [2.75, 3.05) is 43.0 Å². The highest BCUT2D eigenvalue weighted by atomic mass is 35.5. The molecule has 7 heteroatoms. The first kappa shape index (κ1) is 24.6. The molecule has 2 amide bonds. The van der Waals surface area contributed by atoms with E-state index in [1.54, 1.807) is 0 Å². The van der Waals surface area contributed by atoms with Crippen molar-refractivity contribution in [3.63, 3.8) is 0 Å². The summed E-state index contributed by atoms with van der Waals surface area (Å²) < 4.78 is 5.75. The number of aryl methyl sites for hydroxylation is 2. The normalized spacial score (nSPS) is 13.5. The van der Waals surface area contributed by atoms with Gasteiger partial charge in [-0.05, 0) is 62.2 Å². The minimum Gasteiger partial charge on any atom is -0.483 e. The standard InChI is InChI=1S/C28H30ClN3O3/c1-19-10-12-22(13-11-19)28(34)32-16-14-31(15-17-32)27-23(29)7-5-8-24(27)30-26(33)18-35-25-9-4-6-20(2)21(25)3/h4-13H,14-18H2,1-3H3,(H,30,33). The molecule has 182 valence electrons. The number of benzene rings is 3.